The lowest BCUT2D eigenvalue weighted by Gasteiger charge is -2.19. The number of nitrogen functional groups attached to an aromatic ring is 1. The van der Waals surface area contributed by atoms with Crippen molar-refractivity contribution < 1.29 is 13.9 Å². The standard InChI is InChI=1S/C24H26FN5O3S/c1-24(2,3)33-22(31)27-13-18(12-25)14-30-23(32)29(16-28-30)15-21-10-9-20(34-21)8-7-17-5-4-6-19(26)11-17/h4-6,9-12,16H,13-15,26H2,1-3H3,(H,27,31)/b18-12+. The van der Waals surface area contributed by atoms with Gasteiger partial charge in [-0.15, -0.1) is 11.3 Å². The third kappa shape index (κ3) is 7.35. The third-order valence-electron chi connectivity index (χ3n) is 4.37. The molecule has 0 atom stereocenters. The van der Waals surface area contributed by atoms with Crippen molar-refractivity contribution in [1.29, 1.82) is 0 Å². The van der Waals surface area contributed by atoms with Crippen LogP contribution in [0.5, 0.6) is 0 Å². The van der Waals surface area contributed by atoms with E-state index in [0.717, 1.165) is 20.0 Å². The number of amides is 1. The van der Waals surface area contributed by atoms with Crippen LogP contribution in [0.3, 0.4) is 0 Å². The first-order valence-corrected chi connectivity index (χ1v) is 11.3. The fraction of sp³-hybridized carbons (Fsp3) is 0.292. The molecule has 3 N–H and O–H groups in total. The van der Waals surface area contributed by atoms with E-state index < -0.39 is 17.4 Å². The molecule has 0 bridgehead atoms. The smallest absolute Gasteiger partial charge is 0.407 e. The second-order valence-electron chi connectivity index (χ2n) is 8.46. The normalized spacial score (nSPS) is 11.6. The van der Waals surface area contributed by atoms with Crippen LogP contribution in [0.4, 0.5) is 14.9 Å². The van der Waals surface area contributed by atoms with Gasteiger partial charge in [-0.2, -0.15) is 5.10 Å². The van der Waals surface area contributed by atoms with Gasteiger partial charge in [-0.25, -0.2) is 18.7 Å². The molecule has 0 saturated carbocycles. The monoisotopic (exact) mass is 483 g/mol. The first-order chi connectivity index (χ1) is 16.1. The molecule has 3 rings (SSSR count). The Balaban J connectivity index is 1.60. The molecule has 0 aliphatic carbocycles. The van der Waals surface area contributed by atoms with Gasteiger partial charge >= 0.3 is 11.8 Å². The van der Waals surface area contributed by atoms with Crippen molar-refractivity contribution in [2.75, 3.05) is 12.3 Å². The van der Waals surface area contributed by atoms with Crippen molar-refractivity contribution in [3.05, 3.63) is 80.4 Å². The maximum Gasteiger partial charge on any atom is 0.407 e. The fourth-order valence-corrected chi connectivity index (χ4v) is 3.72. The predicted octanol–water partition coefficient (Wildman–Crippen LogP) is 3.51. The highest BCUT2D eigenvalue weighted by Gasteiger charge is 2.16. The van der Waals surface area contributed by atoms with Crippen molar-refractivity contribution in [2.45, 2.75) is 39.5 Å². The Bertz CT molecular complexity index is 1300. The molecule has 2 aromatic heterocycles. The van der Waals surface area contributed by atoms with Gasteiger partial charge in [-0.1, -0.05) is 17.9 Å². The van der Waals surface area contributed by atoms with Crippen LogP contribution in [0.15, 0.2) is 59.4 Å². The summed E-state index contributed by atoms with van der Waals surface area (Å²) >= 11 is 1.47. The molecule has 0 fully saturated rings. The summed E-state index contributed by atoms with van der Waals surface area (Å²) in [6.07, 6.45) is 1.09. The number of hydrogen-bond acceptors (Lipinski definition) is 6. The Morgan fingerprint density at radius 3 is 2.79 bits per heavy atom. The number of rotatable bonds is 6. The van der Waals surface area contributed by atoms with E-state index in [1.54, 1.807) is 32.9 Å². The first-order valence-electron chi connectivity index (χ1n) is 10.5. The van der Waals surface area contributed by atoms with E-state index in [-0.39, 0.29) is 18.7 Å². The van der Waals surface area contributed by atoms with Crippen LogP contribution >= 0.6 is 11.3 Å². The van der Waals surface area contributed by atoms with E-state index in [0.29, 0.717) is 18.6 Å². The van der Waals surface area contributed by atoms with Gasteiger partial charge in [0.25, 0.3) is 0 Å². The largest absolute Gasteiger partial charge is 0.444 e. The second kappa shape index (κ2) is 10.9. The minimum Gasteiger partial charge on any atom is -0.444 e. The number of nitrogens with two attached hydrogens (primary N) is 1. The molecule has 1 amide bonds. The Hall–Kier alpha value is -3.84. The van der Waals surface area contributed by atoms with Crippen molar-refractivity contribution in [3.63, 3.8) is 0 Å². The number of thiophene rings is 1. The van der Waals surface area contributed by atoms with Crippen LogP contribution < -0.4 is 16.7 Å². The topological polar surface area (TPSA) is 104 Å². The molecule has 178 valence electrons. The maximum atomic E-state index is 13.3. The Labute approximate surface area is 200 Å². The fourth-order valence-electron chi connectivity index (χ4n) is 2.86. The number of hydrogen-bond donors (Lipinski definition) is 2. The molecule has 2 heterocycles. The van der Waals surface area contributed by atoms with E-state index >= 15 is 0 Å². The number of aromatic nitrogens is 3. The zero-order valence-corrected chi connectivity index (χ0v) is 20.0. The molecule has 8 nitrogen and oxygen atoms in total. The molecule has 10 heteroatoms. The predicted molar refractivity (Wildman–Crippen MR) is 130 cm³/mol. The summed E-state index contributed by atoms with van der Waals surface area (Å²) in [6, 6.07) is 11.1. The van der Waals surface area contributed by atoms with Crippen molar-refractivity contribution in [2.24, 2.45) is 0 Å². The van der Waals surface area contributed by atoms with E-state index in [9.17, 15) is 14.0 Å². The van der Waals surface area contributed by atoms with Crippen LogP contribution in [0.25, 0.3) is 0 Å². The summed E-state index contributed by atoms with van der Waals surface area (Å²) in [5.74, 6) is 6.17. The summed E-state index contributed by atoms with van der Waals surface area (Å²) < 4.78 is 21.0. The van der Waals surface area contributed by atoms with Gasteiger partial charge in [0.05, 0.1) is 24.3 Å². The quantitative estimate of drug-likeness (QED) is 0.412. The molecule has 34 heavy (non-hydrogen) atoms. The zero-order valence-electron chi connectivity index (χ0n) is 19.2. The molecule has 0 radical (unpaired) electrons. The van der Waals surface area contributed by atoms with Gasteiger partial charge in [-0.3, -0.25) is 4.57 Å². The third-order valence-corrected chi connectivity index (χ3v) is 5.35. The minimum atomic E-state index is -0.669. The van der Waals surface area contributed by atoms with Crippen LogP contribution in [-0.4, -0.2) is 32.6 Å². The maximum absolute atomic E-state index is 13.3. The summed E-state index contributed by atoms with van der Waals surface area (Å²) in [4.78, 5) is 26.2. The SMILES string of the molecule is CC(C)(C)OC(=O)NC/C(=C\F)Cn1ncn(Cc2ccc(C#Cc3cccc(N)c3)s2)c1=O. The van der Waals surface area contributed by atoms with E-state index in [1.165, 1.54) is 22.2 Å². The average molecular weight is 484 g/mol. The van der Waals surface area contributed by atoms with Gasteiger partial charge in [0.2, 0.25) is 0 Å². The molecule has 3 aromatic rings. The zero-order chi connectivity index (χ0) is 24.7. The molecule has 0 saturated heterocycles. The Morgan fingerprint density at radius 1 is 1.29 bits per heavy atom. The number of nitrogens with zero attached hydrogens (tertiary/aromatic N) is 3. The van der Waals surface area contributed by atoms with E-state index in [2.05, 4.69) is 22.3 Å². The molecular formula is C24H26FN5O3S. The lowest BCUT2D eigenvalue weighted by molar-refractivity contribution is 0.0532. The molecule has 0 aliphatic rings. The molecule has 1 aromatic carbocycles. The Kier molecular flexibility index (Phi) is 7.91. The van der Waals surface area contributed by atoms with Gasteiger partial charge in [0, 0.05) is 22.7 Å². The number of carbonyl (C=O) groups is 1. The first kappa shape index (κ1) is 24.8. The summed E-state index contributed by atoms with van der Waals surface area (Å²) in [7, 11) is 0. The van der Waals surface area contributed by atoms with Crippen LogP contribution in [0.2, 0.25) is 0 Å². The minimum absolute atomic E-state index is 0.0977. The number of halogens is 1. The number of benzene rings is 1. The van der Waals surface area contributed by atoms with E-state index in [4.69, 9.17) is 10.5 Å². The van der Waals surface area contributed by atoms with Crippen LogP contribution in [0, 0.1) is 11.8 Å². The Morgan fingerprint density at radius 2 is 2.09 bits per heavy atom. The summed E-state index contributed by atoms with van der Waals surface area (Å²) in [5, 5.41) is 6.53. The summed E-state index contributed by atoms with van der Waals surface area (Å²) in [6.45, 7) is 5.30. The van der Waals surface area contributed by atoms with Crippen molar-refractivity contribution in [1.82, 2.24) is 19.7 Å². The number of nitrogens with one attached hydrogen (secondary N) is 1. The van der Waals surface area contributed by atoms with Crippen LogP contribution in [-0.2, 0) is 17.8 Å². The highest BCUT2D eigenvalue weighted by molar-refractivity contribution is 7.12. The molecule has 0 unspecified atom stereocenters. The summed E-state index contributed by atoms with van der Waals surface area (Å²) in [5.41, 5.74) is 6.37. The van der Waals surface area contributed by atoms with Gasteiger partial charge in [-0.05, 0) is 56.7 Å². The van der Waals surface area contributed by atoms with Crippen molar-refractivity contribution >= 4 is 23.1 Å². The molecule has 0 aliphatic heterocycles. The highest BCUT2D eigenvalue weighted by Crippen LogP contribution is 2.16. The lowest BCUT2D eigenvalue weighted by Crippen LogP contribution is -2.34. The number of alkyl carbamates (subject to hydrolysis) is 1. The number of ether oxygens (including phenoxy) is 1. The molecular weight excluding hydrogens is 457 g/mol. The molecule has 0 spiro atoms. The van der Waals surface area contributed by atoms with Crippen LogP contribution in [0.1, 0.15) is 36.1 Å². The number of carbonyl (C=O) groups excluding carboxylic acids is 1. The van der Waals surface area contributed by atoms with Gasteiger partial charge in [0.1, 0.15) is 11.9 Å². The highest BCUT2D eigenvalue weighted by atomic mass is 32.1. The average Bonchev–Trinajstić information content (AvgIpc) is 3.35. The second-order valence-corrected chi connectivity index (χ2v) is 9.63. The van der Waals surface area contributed by atoms with Gasteiger partial charge in [0.15, 0.2) is 0 Å². The van der Waals surface area contributed by atoms with Gasteiger partial charge < -0.3 is 15.8 Å². The van der Waals surface area contributed by atoms with E-state index in [1.807, 2.05) is 24.3 Å². The lowest BCUT2D eigenvalue weighted by atomic mass is 10.2. The van der Waals surface area contributed by atoms with Crippen molar-refractivity contribution in [3.8, 4) is 11.8 Å². The number of anilines is 1.